The van der Waals surface area contributed by atoms with E-state index in [1.165, 1.54) is 25.7 Å². The summed E-state index contributed by atoms with van der Waals surface area (Å²) in [7, 11) is -7.03. The van der Waals surface area contributed by atoms with Crippen molar-refractivity contribution in [2.45, 2.75) is 39.0 Å². The molecule has 9 heteroatoms. The minimum atomic E-state index is -3.51. The van der Waals surface area contributed by atoms with Crippen molar-refractivity contribution in [3.63, 3.8) is 0 Å². The first kappa shape index (κ1) is 22.7. The van der Waals surface area contributed by atoms with Gasteiger partial charge in [0.25, 0.3) is 0 Å². The van der Waals surface area contributed by atoms with E-state index in [9.17, 15) is 18.9 Å². The summed E-state index contributed by atoms with van der Waals surface area (Å²) in [4.78, 5) is 18.6. The number of hydrogen-bond donors (Lipinski definition) is 1. The van der Waals surface area contributed by atoms with E-state index in [1.54, 1.807) is 0 Å². The van der Waals surface area contributed by atoms with Crippen LogP contribution in [-0.4, -0.2) is 49.5 Å². The molecule has 0 aromatic carbocycles. The van der Waals surface area contributed by atoms with Crippen LogP contribution in [0.3, 0.4) is 0 Å². The molecule has 0 rings (SSSR count). The molecular formula is C7H18CaO6P2. The van der Waals surface area contributed by atoms with Gasteiger partial charge in [-0.25, -0.2) is 0 Å². The number of unbranched alkanes of at least 4 members (excludes halogenated alkanes) is 4. The second-order valence-electron chi connectivity index (χ2n) is 2.74. The minimum absolute atomic E-state index is 0. The Hall–Kier alpha value is 1.56. The van der Waals surface area contributed by atoms with Crippen molar-refractivity contribution < 1.29 is 28.3 Å². The van der Waals surface area contributed by atoms with Gasteiger partial charge in [-0.15, -0.1) is 0 Å². The van der Waals surface area contributed by atoms with E-state index in [2.05, 4.69) is 11.2 Å². The van der Waals surface area contributed by atoms with E-state index in [4.69, 9.17) is 5.11 Å². The number of rotatable bonds is 7. The van der Waals surface area contributed by atoms with Gasteiger partial charge in [0.05, 0.1) is 0 Å². The quantitative estimate of drug-likeness (QED) is 0.405. The monoisotopic (exact) mass is 300 g/mol. The molecule has 0 saturated heterocycles. The van der Waals surface area contributed by atoms with Gasteiger partial charge in [-0.2, -0.15) is 0 Å². The molecule has 0 heterocycles. The molecular weight excluding hydrogens is 282 g/mol. The largest absolute Gasteiger partial charge is 2.00 e. The molecule has 0 saturated carbocycles. The molecule has 2 unspecified atom stereocenters. The molecule has 0 aliphatic carbocycles. The molecule has 0 aliphatic rings. The van der Waals surface area contributed by atoms with Gasteiger partial charge >= 0.3 is 37.7 Å². The van der Waals surface area contributed by atoms with Crippen LogP contribution in [0.5, 0.6) is 0 Å². The summed E-state index contributed by atoms with van der Waals surface area (Å²) in [6.07, 6.45) is 6.08. The standard InChI is InChI=1S/C7H16O.Ca.H4O5P2/c1-2-3-4-5-6-7-8;;1-6(2)5-7(3)4/h8H,2-7H2,1H3;;6-7H,(H,1,2)(H,3,4)/q;+2;/p-2. The zero-order valence-electron chi connectivity index (χ0n) is 9.44. The Bertz CT molecular complexity index is 162. The Labute approximate surface area is 127 Å². The fraction of sp³-hybridized carbons (Fsp3) is 1.00. The number of hydrogen-bond acceptors (Lipinski definition) is 6. The molecule has 0 radical (unpaired) electrons. The molecule has 6 nitrogen and oxygen atoms in total. The fourth-order valence-corrected chi connectivity index (χ4v) is 1.33. The molecule has 0 aromatic rings. The van der Waals surface area contributed by atoms with Crippen molar-refractivity contribution in [3.05, 3.63) is 0 Å². The Kier molecular flexibility index (Phi) is 26.9. The van der Waals surface area contributed by atoms with Crippen molar-refractivity contribution >= 4 is 54.2 Å². The van der Waals surface area contributed by atoms with Crippen molar-refractivity contribution in [3.8, 4) is 0 Å². The van der Waals surface area contributed by atoms with Crippen LogP contribution >= 0.6 is 16.5 Å². The predicted octanol–water partition coefficient (Wildman–Crippen LogP) is 0.0713. The normalized spacial score (nSPS) is 13.0. The zero-order chi connectivity index (χ0) is 12.1. The molecule has 16 heavy (non-hydrogen) atoms. The zero-order valence-corrected chi connectivity index (χ0v) is 13.6. The summed E-state index contributed by atoms with van der Waals surface area (Å²) in [5, 5.41) is 8.37. The molecule has 94 valence electrons. The molecule has 0 fully saturated rings. The van der Waals surface area contributed by atoms with Crippen LogP contribution in [0.25, 0.3) is 0 Å². The molecule has 0 aromatic heterocycles. The summed E-state index contributed by atoms with van der Waals surface area (Å²) >= 11 is 0. The molecule has 0 bridgehead atoms. The van der Waals surface area contributed by atoms with Crippen molar-refractivity contribution in [1.82, 2.24) is 0 Å². The van der Waals surface area contributed by atoms with Crippen LogP contribution in [0.2, 0.25) is 0 Å². The maximum atomic E-state index is 9.29. The van der Waals surface area contributed by atoms with E-state index in [0.717, 1.165) is 6.42 Å². The molecule has 2 atom stereocenters. The van der Waals surface area contributed by atoms with E-state index < -0.39 is 16.5 Å². The van der Waals surface area contributed by atoms with Crippen LogP contribution < -0.4 is 9.79 Å². The van der Waals surface area contributed by atoms with Gasteiger partial charge in [0.1, 0.15) is 16.5 Å². The SMILES string of the molecule is CCCCCCCO.O=[PH]([O-])O[PH](=O)[O-].[Ca+2]. The third-order valence-electron chi connectivity index (χ3n) is 1.43. The van der Waals surface area contributed by atoms with Gasteiger partial charge in [0.15, 0.2) is 0 Å². The average Bonchev–Trinajstić information content (AvgIpc) is 2.11. The van der Waals surface area contributed by atoms with Gasteiger partial charge in [-0.3, -0.25) is 4.31 Å². The Morgan fingerprint density at radius 2 is 1.50 bits per heavy atom. The van der Waals surface area contributed by atoms with Crippen LogP contribution in [0.1, 0.15) is 39.0 Å². The number of aliphatic hydroxyl groups is 1. The summed E-state index contributed by atoms with van der Waals surface area (Å²) in [6.45, 7) is 2.56. The Morgan fingerprint density at radius 1 is 1.06 bits per heavy atom. The first-order valence-electron chi connectivity index (χ1n) is 4.75. The smallest absolute Gasteiger partial charge is 0.781 e. The van der Waals surface area contributed by atoms with E-state index in [0.29, 0.717) is 6.61 Å². The topological polar surface area (TPSA) is 110 Å². The van der Waals surface area contributed by atoms with Crippen LogP contribution in [0, 0.1) is 0 Å². The predicted molar refractivity (Wildman–Crippen MR) is 60.7 cm³/mol. The third-order valence-corrected chi connectivity index (χ3v) is 2.76. The fourth-order valence-electron chi connectivity index (χ4n) is 0.783. The van der Waals surface area contributed by atoms with Crippen LogP contribution in [0.4, 0.5) is 0 Å². The first-order chi connectivity index (χ1) is 7.04. The average molecular weight is 300 g/mol. The summed E-state index contributed by atoms with van der Waals surface area (Å²) in [5.41, 5.74) is 0. The Balaban J connectivity index is -0.000000200. The van der Waals surface area contributed by atoms with Gasteiger partial charge in [0.2, 0.25) is 0 Å². The van der Waals surface area contributed by atoms with Gasteiger partial charge < -0.3 is 24.0 Å². The van der Waals surface area contributed by atoms with Crippen LogP contribution in [-0.2, 0) is 13.4 Å². The first-order valence-corrected chi connectivity index (χ1v) is 7.20. The maximum Gasteiger partial charge on any atom is 2.00 e. The molecule has 1 N–H and O–H groups in total. The Morgan fingerprint density at radius 3 is 1.75 bits per heavy atom. The summed E-state index contributed by atoms with van der Waals surface area (Å²) in [5.74, 6) is 0. The molecule has 0 amide bonds. The van der Waals surface area contributed by atoms with Gasteiger partial charge in [-0.05, 0) is 6.42 Å². The van der Waals surface area contributed by atoms with E-state index >= 15 is 0 Å². The third kappa shape index (κ3) is 29.6. The second kappa shape index (κ2) is 18.9. The number of aliphatic hydroxyl groups excluding tert-OH is 1. The molecule has 0 spiro atoms. The summed E-state index contributed by atoms with van der Waals surface area (Å²) < 4.78 is 21.8. The van der Waals surface area contributed by atoms with Gasteiger partial charge in [0, 0.05) is 6.61 Å². The van der Waals surface area contributed by atoms with E-state index in [1.807, 2.05) is 0 Å². The van der Waals surface area contributed by atoms with Gasteiger partial charge in [-0.1, -0.05) is 32.6 Å². The van der Waals surface area contributed by atoms with Crippen molar-refractivity contribution in [2.75, 3.05) is 6.61 Å². The van der Waals surface area contributed by atoms with E-state index in [-0.39, 0.29) is 37.7 Å². The molecule has 0 aliphatic heterocycles. The minimum Gasteiger partial charge on any atom is -0.781 e. The second-order valence-corrected chi connectivity index (χ2v) is 4.56. The van der Waals surface area contributed by atoms with Crippen molar-refractivity contribution in [2.24, 2.45) is 0 Å². The maximum absolute atomic E-state index is 9.29. The van der Waals surface area contributed by atoms with Crippen LogP contribution in [0.15, 0.2) is 0 Å². The summed E-state index contributed by atoms with van der Waals surface area (Å²) in [6, 6.07) is 0. The van der Waals surface area contributed by atoms with Crippen molar-refractivity contribution in [1.29, 1.82) is 0 Å².